The molecule has 1 aliphatic heterocycles. The van der Waals surface area contributed by atoms with E-state index >= 15 is 0 Å². The molecule has 0 aliphatic carbocycles. The van der Waals surface area contributed by atoms with Gasteiger partial charge in [0.2, 0.25) is 11.8 Å². The molecule has 1 aromatic carbocycles. The van der Waals surface area contributed by atoms with Gasteiger partial charge in [-0.3, -0.25) is 14.4 Å². The second kappa shape index (κ2) is 9.56. The Hall–Kier alpha value is -2.87. The Balaban J connectivity index is 1.51. The van der Waals surface area contributed by atoms with Gasteiger partial charge in [0.05, 0.1) is 25.0 Å². The maximum atomic E-state index is 12.7. The van der Waals surface area contributed by atoms with Crippen molar-refractivity contribution in [3.8, 4) is 5.75 Å². The van der Waals surface area contributed by atoms with Crippen molar-refractivity contribution in [3.05, 3.63) is 51.7 Å². The van der Waals surface area contributed by atoms with Gasteiger partial charge in [0, 0.05) is 38.0 Å². The van der Waals surface area contributed by atoms with Crippen molar-refractivity contribution < 1.29 is 19.1 Å². The second-order valence-corrected chi connectivity index (χ2v) is 8.05. The zero-order chi connectivity index (χ0) is 20.8. The maximum absolute atomic E-state index is 12.7. The molecule has 154 valence electrons. The lowest BCUT2D eigenvalue weighted by molar-refractivity contribution is -0.132. The third kappa shape index (κ3) is 5.57. The number of nitrogens with one attached hydrogen (secondary N) is 1. The SMILES string of the molecule is COc1cccc(CC(=O)N2CCN(C(=O)c3ccc(CNC(C)=O)s3)CC2)c1. The van der Waals surface area contributed by atoms with Crippen molar-refractivity contribution >= 4 is 29.1 Å². The van der Waals surface area contributed by atoms with E-state index in [0.717, 1.165) is 16.2 Å². The third-order valence-electron chi connectivity index (χ3n) is 4.79. The van der Waals surface area contributed by atoms with Gasteiger partial charge in [0.25, 0.3) is 5.91 Å². The molecule has 29 heavy (non-hydrogen) atoms. The van der Waals surface area contributed by atoms with E-state index in [-0.39, 0.29) is 17.7 Å². The highest BCUT2D eigenvalue weighted by Crippen LogP contribution is 2.20. The van der Waals surface area contributed by atoms with Gasteiger partial charge in [0.15, 0.2) is 0 Å². The highest BCUT2D eigenvalue weighted by molar-refractivity contribution is 7.14. The number of carbonyl (C=O) groups is 3. The molecule has 1 aromatic heterocycles. The molecular weight excluding hydrogens is 390 g/mol. The molecule has 1 aliphatic rings. The van der Waals surface area contributed by atoms with Crippen molar-refractivity contribution in [1.82, 2.24) is 15.1 Å². The number of piperazine rings is 1. The van der Waals surface area contributed by atoms with E-state index in [1.807, 2.05) is 30.3 Å². The Kier molecular flexibility index (Phi) is 6.87. The van der Waals surface area contributed by atoms with Crippen LogP contribution in [0, 0.1) is 0 Å². The molecule has 3 rings (SSSR count). The second-order valence-electron chi connectivity index (χ2n) is 6.88. The first-order valence-corrected chi connectivity index (χ1v) is 10.3. The summed E-state index contributed by atoms with van der Waals surface area (Å²) < 4.78 is 5.20. The van der Waals surface area contributed by atoms with Crippen LogP contribution in [0.5, 0.6) is 5.75 Å². The number of hydrogen-bond acceptors (Lipinski definition) is 5. The number of methoxy groups -OCH3 is 1. The summed E-state index contributed by atoms with van der Waals surface area (Å²) in [5.74, 6) is 0.670. The van der Waals surface area contributed by atoms with Crippen LogP contribution >= 0.6 is 11.3 Å². The summed E-state index contributed by atoms with van der Waals surface area (Å²) in [6.45, 7) is 3.98. The normalized spacial score (nSPS) is 13.9. The van der Waals surface area contributed by atoms with Gasteiger partial charge in [-0.25, -0.2) is 0 Å². The van der Waals surface area contributed by atoms with Crippen molar-refractivity contribution in [2.45, 2.75) is 19.9 Å². The van der Waals surface area contributed by atoms with Crippen LogP contribution in [0.25, 0.3) is 0 Å². The Labute approximate surface area is 174 Å². The third-order valence-corrected chi connectivity index (χ3v) is 5.87. The molecule has 2 heterocycles. The topological polar surface area (TPSA) is 79.0 Å². The average Bonchev–Trinajstić information content (AvgIpc) is 3.21. The first-order chi connectivity index (χ1) is 14.0. The van der Waals surface area contributed by atoms with Crippen LogP contribution in [0.15, 0.2) is 36.4 Å². The summed E-state index contributed by atoms with van der Waals surface area (Å²) in [6.07, 6.45) is 0.322. The quantitative estimate of drug-likeness (QED) is 0.782. The lowest BCUT2D eigenvalue weighted by atomic mass is 10.1. The van der Waals surface area contributed by atoms with Gasteiger partial charge in [0.1, 0.15) is 5.75 Å². The minimum atomic E-state index is -0.0963. The summed E-state index contributed by atoms with van der Waals surface area (Å²) in [5, 5.41) is 2.73. The fourth-order valence-corrected chi connectivity index (χ4v) is 4.10. The minimum Gasteiger partial charge on any atom is -0.497 e. The minimum absolute atomic E-state index is 0.0241. The van der Waals surface area contributed by atoms with E-state index in [0.29, 0.717) is 44.0 Å². The van der Waals surface area contributed by atoms with Gasteiger partial charge in [-0.2, -0.15) is 0 Å². The van der Waals surface area contributed by atoms with E-state index in [1.54, 1.807) is 23.0 Å². The predicted octanol–water partition coefficient (Wildman–Crippen LogP) is 1.92. The fraction of sp³-hybridized carbons (Fsp3) is 0.381. The Morgan fingerprint density at radius 1 is 1.07 bits per heavy atom. The Bertz CT molecular complexity index is 888. The molecular formula is C21H25N3O4S. The Morgan fingerprint density at radius 3 is 2.48 bits per heavy atom. The zero-order valence-corrected chi connectivity index (χ0v) is 17.5. The molecule has 0 spiro atoms. The molecule has 0 bridgehead atoms. The monoisotopic (exact) mass is 415 g/mol. The van der Waals surface area contributed by atoms with Crippen LogP contribution in [-0.2, 0) is 22.6 Å². The number of ether oxygens (including phenoxy) is 1. The largest absolute Gasteiger partial charge is 0.497 e. The Morgan fingerprint density at radius 2 is 1.79 bits per heavy atom. The predicted molar refractivity (Wildman–Crippen MR) is 111 cm³/mol. The van der Waals surface area contributed by atoms with Crippen LogP contribution in [0.4, 0.5) is 0 Å². The molecule has 0 saturated carbocycles. The maximum Gasteiger partial charge on any atom is 0.264 e. The smallest absolute Gasteiger partial charge is 0.264 e. The van der Waals surface area contributed by atoms with Crippen LogP contribution < -0.4 is 10.1 Å². The molecule has 1 N–H and O–H groups in total. The standard InChI is InChI=1S/C21H25N3O4S/c1-15(25)22-14-18-6-7-19(29-18)21(27)24-10-8-23(9-11-24)20(26)13-16-4-3-5-17(12-16)28-2/h3-7,12H,8-11,13-14H2,1-2H3,(H,22,25). The summed E-state index contributed by atoms with van der Waals surface area (Å²) >= 11 is 1.39. The van der Waals surface area contributed by atoms with Crippen molar-refractivity contribution in [2.24, 2.45) is 0 Å². The molecule has 1 fully saturated rings. The highest BCUT2D eigenvalue weighted by Gasteiger charge is 2.25. The van der Waals surface area contributed by atoms with Crippen LogP contribution in [0.3, 0.4) is 0 Å². The van der Waals surface area contributed by atoms with Gasteiger partial charge in [-0.15, -0.1) is 11.3 Å². The lowest BCUT2D eigenvalue weighted by Gasteiger charge is -2.34. The zero-order valence-electron chi connectivity index (χ0n) is 16.6. The number of rotatable bonds is 6. The summed E-state index contributed by atoms with van der Waals surface area (Å²) in [5.41, 5.74) is 0.915. The molecule has 0 atom stereocenters. The van der Waals surface area contributed by atoms with Gasteiger partial charge < -0.3 is 19.9 Å². The van der Waals surface area contributed by atoms with Gasteiger partial charge in [-0.1, -0.05) is 12.1 Å². The number of carbonyl (C=O) groups excluding carboxylic acids is 3. The fourth-order valence-electron chi connectivity index (χ4n) is 3.18. The van der Waals surface area contributed by atoms with E-state index in [1.165, 1.54) is 18.3 Å². The molecule has 1 saturated heterocycles. The number of hydrogen-bond donors (Lipinski definition) is 1. The molecule has 2 aromatic rings. The summed E-state index contributed by atoms with van der Waals surface area (Å²) in [6, 6.07) is 11.2. The van der Waals surface area contributed by atoms with E-state index in [9.17, 15) is 14.4 Å². The number of amides is 3. The molecule has 0 unspecified atom stereocenters. The summed E-state index contributed by atoms with van der Waals surface area (Å²) in [4.78, 5) is 41.5. The highest BCUT2D eigenvalue weighted by atomic mass is 32.1. The number of benzene rings is 1. The summed E-state index contributed by atoms with van der Waals surface area (Å²) in [7, 11) is 1.60. The number of thiophene rings is 1. The van der Waals surface area contributed by atoms with E-state index < -0.39 is 0 Å². The van der Waals surface area contributed by atoms with Crippen molar-refractivity contribution in [2.75, 3.05) is 33.3 Å². The lowest BCUT2D eigenvalue weighted by Crippen LogP contribution is -2.50. The first-order valence-electron chi connectivity index (χ1n) is 9.49. The van der Waals surface area contributed by atoms with Crippen molar-refractivity contribution in [3.63, 3.8) is 0 Å². The van der Waals surface area contributed by atoms with Gasteiger partial charge in [-0.05, 0) is 29.8 Å². The van der Waals surface area contributed by atoms with Crippen molar-refractivity contribution in [1.29, 1.82) is 0 Å². The van der Waals surface area contributed by atoms with E-state index in [4.69, 9.17) is 4.74 Å². The average molecular weight is 416 g/mol. The molecule has 3 amide bonds. The molecule has 7 nitrogen and oxygen atoms in total. The van der Waals surface area contributed by atoms with Gasteiger partial charge >= 0.3 is 0 Å². The van der Waals surface area contributed by atoms with Crippen LogP contribution in [-0.4, -0.2) is 60.8 Å². The molecule has 0 radical (unpaired) electrons. The number of nitrogens with zero attached hydrogens (tertiary/aromatic N) is 2. The van der Waals surface area contributed by atoms with E-state index in [2.05, 4.69) is 5.32 Å². The van der Waals surface area contributed by atoms with Crippen LogP contribution in [0.2, 0.25) is 0 Å². The van der Waals surface area contributed by atoms with Crippen LogP contribution in [0.1, 0.15) is 27.0 Å². The molecule has 8 heteroatoms. The first kappa shape index (κ1) is 20.9.